The van der Waals surface area contributed by atoms with Crippen molar-refractivity contribution in [1.29, 1.82) is 0 Å². The van der Waals surface area contributed by atoms with Gasteiger partial charge in [-0.1, -0.05) is 64.2 Å². The molecular formula is C21H42N2O3S. The van der Waals surface area contributed by atoms with E-state index in [0.29, 0.717) is 6.42 Å². The number of carbonyl (C=O) groups is 2. The molecule has 0 saturated carbocycles. The van der Waals surface area contributed by atoms with Gasteiger partial charge in [-0.2, -0.15) is 12.6 Å². The molecule has 1 amide bonds. The highest BCUT2D eigenvalue weighted by molar-refractivity contribution is 7.80. The topological polar surface area (TPSA) is 58.6 Å². The number of hydrogen-bond donors (Lipinski definition) is 2. The summed E-state index contributed by atoms with van der Waals surface area (Å²) in [5.74, 6) is -0.272. The van der Waals surface area contributed by atoms with Crippen molar-refractivity contribution in [3.8, 4) is 0 Å². The van der Waals surface area contributed by atoms with Crippen LogP contribution in [0.25, 0.3) is 0 Å². The van der Waals surface area contributed by atoms with E-state index < -0.39 is 12.0 Å². The number of rotatable bonds is 18. The Kier molecular flexibility index (Phi) is 18.1. The van der Waals surface area contributed by atoms with Crippen LogP contribution >= 0.6 is 12.6 Å². The zero-order valence-electron chi connectivity index (χ0n) is 17.8. The molecule has 27 heavy (non-hydrogen) atoms. The summed E-state index contributed by atoms with van der Waals surface area (Å²) in [5.41, 5.74) is 0. The molecule has 0 fully saturated rings. The Morgan fingerprint density at radius 2 is 1.30 bits per heavy atom. The van der Waals surface area contributed by atoms with Crippen LogP contribution < -0.4 is 5.32 Å². The van der Waals surface area contributed by atoms with Crippen LogP contribution in [0.15, 0.2) is 0 Å². The van der Waals surface area contributed by atoms with Crippen LogP contribution in [0.1, 0.15) is 83.5 Å². The average molecular weight is 403 g/mol. The standard InChI is InChI=1S/C21H42N2O3S/c1-23(2)17-15-13-11-9-7-5-4-6-8-10-12-14-16-20(24)22-19(18-27)21(25)26-3/h19,27H,4-18H2,1-3H3,(H,22,24). The molecule has 1 atom stereocenters. The van der Waals surface area contributed by atoms with Gasteiger partial charge in [0.05, 0.1) is 7.11 Å². The van der Waals surface area contributed by atoms with Crippen molar-refractivity contribution in [2.24, 2.45) is 0 Å². The van der Waals surface area contributed by atoms with Crippen LogP contribution in [0.2, 0.25) is 0 Å². The van der Waals surface area contributed by atoms with E-state index >= 15 is 0 Å². The molecule has 0 aliphatic heterocycles. The quantitative estimate of drug-likeness (QED) is 0.205. The number of nitrogens with zero attached hydrogens (tertiary/aromatic N) is 1. The maximum Gasteiger partial charge on any atom is 0.329 e. The molecule has 0 heterocycles. The van der Waals surface area contributed by atoms with Gasteiger partial charge in [-0.25, -0.2) is 4.79 Å². The highest BCUT2D eigenvalue weighted by Crippen LogP contribution is 2.12. The summed E-state index contributed by atoms with van der Waals surface area (Å²) in [6, 6.07) is -0.640. The van der Waals surface area contributed by atoms with Crippen molar-refractivity contribution in [1.82, 2.24) is 10.2 Å². The minimum absolute atomic E-state index is 0.0926. The molecule has 0 spiro atoms. The summed E-state index contributed by atoms with van der Waals surface area (Å²) in [7, 11) is 5.59. The fraction of sp³-hybridized carbons (Fsp3) is 0.905. The Morgan fingerprint density at radius 1 is 0.852 bits per heavy atom. The molecule has 0 rings (SSSR count). The van der Waals surface area contributed by atoms with Crippen molar-refractivity contribution >= 4 is 24.5 Å². The molecule has 1 N–H and O–H groups in total. The molecule has 0 aromatic heterocycles. The Bertz CT molecular complexity index is 378. The van der Waals surface area contributed by atoms with Crippen LogP contribution in [0.3, 0.4) is 0 Å². The third-order valence-corrected chi connectivity index (χ3v) is 5.13. The Hall–Kier alpha value is -0.750. The number of carbonyl (C=O) groups excluding carboxylic acids is 2. The van der Waals surface area contributed by atoms with Crippen LogP contribution in [0, 0.1) is 0 Å². The predicted molar refractivity (Wildman–Crippen MR) is 116 cm³/mol. The SMILES string of the molecule is COC(=O)C(CS)NC(=O)CCCCCCCCCCCCCCN(C)C. The molecule has 0 aromatic rings. The molecule has 0 aliphatic rings. The molecule has 0 radical (unpaired) electrons. The van der Waals surface area contributed by atoms with Crippen LogP contribution in [0.5, 0.6) is 0 Å². The highest BCUT2D eigenvalue weighted by atomic mass is 32.1. The maximum absolute atomic E-state index is 11.8. The lowest BCUT2D eigenvalue weighted by molar-refractivity contribution is -0.144. The summed E-state index contributed by atoms with van der Waals surface area (Å²) in [4.78, 5) is 25.5. The van der Waals surface area contributed by atoms with Crippen molar-refractivity contribution in [3.63, 3.8) is 0 Å². The molecule has 0 aliphatic carbocycles. The van der Waals surface area contributed by atoms with Crippen molar-refractivity contribution < 1.29 is 14.3 Å². The number of methoxy groups -OCH3 is 1. The van der Waals surface area contributed by atoms with E-state index in [9.17, 15) is 9.59 Å². The molecular weight excluding hydrogens is 360 g/mol. The van der Waals surface area contributed by atoms with Gasteiger partial charge in [-0.15, -0.1) is 0 Å². The van der Waals surface area contributed by atoms with Gasteiger partial charge in [0.25, 0.3) is 0 Å². The van der Waals surface area contributed by atoms with Gasteiger partial charge < -0.3 is 15.0 Å². The zero-order valence-corrected chi connectivity index (χ0v) is 18.7. The molecule has 0 bridgehead atoms. The second-order valence-corrected chi connectivity index (χ2v) is 7.99. The smallest absolute Gasteiger partial charge is 0.329 e. The molecule has 160 valence electrons. The minimum Gasteiger partial charge on any atom is -0.467 e. The Labute approximate surface area is 172 Å². The van der Waals surface area contributed by atoms with Gasteiger partial charge in [0.2, 0.25) is 5.91 Å². The summed E-state index contributed by atoms with van der Waals surface area (Å²) in [6.07, 6.45) is 15.7. The first-order valence-corrected chi connectivity index (χ1v) is 11.3. The van der Waals surface area contributed by atoms with Crippen LogP contribution in [0.4, 0.5) is 0 Å². The number of hydrogen-bond acceptors (Lipinski definition) is 5. The fourth-order valence-electron chi connectivity index (χ4n) is 3.07. The lowest BCUT2D eigenvalue weighted by Crippen LogP contribution is -2.42. The largest absolute Gasteiger partial charge is 0.467 e. The van der Waals surface area contributed by atoms with E-state index in [1.54, 1.807) is 0 Å². The van der Waals surface area contributed by atoms with Gasteiger partial charge in [0.15, 0.2) is 0 Å². The van der Waals surface area contributed by atoms with Gasteiger partial charge in [-0.3, -0.25) is 4.79 Å². The maximum atomic E-state index is 11.8. The second-order valence-electron chi connectivity index (χ2n) is 7.62. The second kappa shape index (κ2) is 18.6. The van der Waals surface area contributed by atoms with Crippen molar-refractivity contribution in [2.45, 2.75) is 89.5 Å². The number of esters is 1. The third-order valence-electron chi connectivity index (χ3n) is 4.76. The van der Waals surface area contributed by atoms with Crippen LogP contribution in [-0.4, -0.2) is 56.3 Å². The van der Waals surface area contributed by atoms with Crippen molar-refractivity contribution in [3.05, 3.63) is 0 Å². The molecule has 0 saturated heterocycles. The van der Waals surface area contributed by atoms with Gasteiger partial charge in [0, 0.05) is 12.2 Å². The lowest BCUT2D eigenvalue weighted by atomic mass is 10.0. The molecule has 5 nitrogen and oxygen atoms in total. The number of unbranched alkanes of at least 4 members (excludes halogenated alkanes) is 11. The zero-order chi connectivity index (χ0) is 20.3. The third kappa shape index (κ3) is 17.1. The number of thiol groups is 1. The Morgan fingerprint density at radius 3 is 1.70 bits per heavy atom. The van der Waals surface area contributed by atoms with E-state index in [1.165, 1.54) is 77.9 Å². The first-order chi connectivity index (χ1) is 13.0. The molecule has 0 aromatic carbocycles. The minimum atomic E-state index is -0.640. The number of amides is 1. The summed E-state index contributed by atoms with van der Waals surface area (Å²) in [5, 5.41) is 2.67. The molecule has 6 heteroatoms. The van der Waals surface area contributed by atoms with Gasteiger partial charge in [0.1, 0.15) is 6.04 Å². The Balaban J connectivity index is 3.35. The van der Waals surface area contributed by atoms with E-state index in [-0.39, 0.29) is 11.7 Å². The van der Waals surface area contributed by atoms with Gasteiger partial charge in [-0.05, 0) is 33.5 Å². The predicted octanol–water partition coefficient (Wildman–Crippen LogP) is 4.21. The van der Waals surface area contributed by atoms with E-state index in [1.807, 2.05) is 0 Å². The highest BCUT2D eigenvalue weighted by Gasteiger charge is 2.19. The molecule has 1 unspecified atom stereocenters. The summed E-state index contributed by atoms with van der Waals surface area (Å²) in [6.45, 7) is 1.21. The van der Waals surface area contributed by atoms with E-state index in [0.717, 1.165) is 12.8 Å². The average Bonchev–Trinajstić information content (AvgIpc) is 2.65. The number of ether oxygens (including phenoxy) is 1. The first-order valence-electron chi connectivity index (χ1n) is 10.6. The van der Waals surface area contributed by atoms with Crippen molar-refractivity contribution in [2.75, 3.05) is 33.5 Å². The van der Waals surface area contributed by atoms with E-state index in [2.05, 4.69) is 41.7 Å². The van der Waals surface area contributed by atoms with Gasteiger partial charge >= 0.3 is 5.97 Å². The summed E-state index contributed by atoms with van der Waals surface area (Å²) < 4.78 is 4.63. The van der Waals surface area contributed by atoms with E-state index in [4.69, 9.17) is 0 Å². The van der Waals surface area contributed by atoms with Crippen LogP contribution in [-0.2, 0) is 14.3 Å². The summed E-state index contributed by atoms with van der Waals surface area (Å²) >= 11 is 4.07. The fourth-order valence-corrected chi connectivity index (χ4v) is 3.31. The normalized spacial score (nSPS) is 12.2. The monoisotopic (exact) mass is 402 g/mol. The lowest BCUT2D eigenvalue weighted by Gasteiger charge is -2.13. The first kappa shape index (κ1) is 26.2. The number of nitrogens with one attached hydrogen (secondary N) is 1.